The number of carbonyl (C=O) groups is 2. The van der Waals surface area contributed by atoms with Crippen molar-refractivity contribution in [1.82, 2.24) is 4.90 Å². The number of hydrogen-bond acceptors (Lipinski definition) is 6. The Morgan fingerprint density at radius 2 is 1.72 bits per heavy atom. The highest BCUT2D eigenvalue weighted by molar-refractivity contribution is 6.45. The van der Waals surface area contributed by atoms with Crippen LogP contribution < -0.4 is 14.4 Å². The first-order valence-corrected chi connectivity index (χ1v) is 9.17. The molecule has 0 aliphatic carbocycles. The van der Waals surface area contributed by atoms with E-state index in [2.05, 4.69) is 0 Å². The largest absolute Gasteiger partial charge is 0.493 e. The third-order valence-corrected chi connectivity index (χ3v) is 4.81. The summed E-state index contributed by atoms with van der Waals surface area (Å²) in [6.45, 7) is 1.97. The Morgan fingerprint density at radius 1 is 1.00 bits per heavy atom. The third kappa shape index (κ3) is 3.69. The monoisotopic (exact) mass is 396 g/mol. The van der Waals surface area contributed by atoms with Crippen molar-refractivity contribution in [3.63, 3.8) is 0 Å². The Balaban J connectivity index is 2.16. The van der Waals surface area contributed by atoms with Crippen LogP contribution in [0.1, 0.15) is 11.1 Å². The van der Waals surface area contributed by atoms with E-state index < -0.39 is 11.8 Å². The minimum atomic E-state index is -0.429. The molecule has 7 nitrogen and oxygen atoms in total. The number of aryl methyl sites for hydroxylation is 1. The normalized spacial score (nSPS) is 13.9. The quantitative estimate of drug-likeness (QED) is 0.723. The standard InChI is InChI=1S/C22H24N2O5/c1-14-6-5-7-16(12-14)24-21(26)19(20(22(24)27)23(2)10-11-25)15-8-9-17(28-3)18(13-15)29-4/h5-9,12-13,25H,10-11H2,1-4H3. The molecule has 2 aromatic rings. The summed E-state index contributed by atoms with van der Waals surface area (Å²) in [4.78, 5) is 29.4. The second-order valence-electron chi connectivity index (χ2n) is 6.72. The maximum absolute atomic E-state index is 13.4. The van der Waals surface area contributed by atoms with Gasteiger partial charge in [-0.05, 0) is 42.3 Å². The molecule has 0 saturated heterocycles. The second-order valence-corrected chi connectivity index (χ2v) is 6.72. The lowest BCUT2D eigenvalue weighted by Gasteiger charge is -2.20. The number of methoxy groups -OCH3 is 2. The molecule has 3 rings (SSSR count). The topological polar surface area (TPSA) is 79.3 Å². The number of anilines is 1. The molecule has 1 N–H and O–H groups in total. The molecule has 0 radical (unpaired) electrons. The van der Waals surface area contributed by atoms with Gasteiger partial charge in [0, 0.05) is 13.6 Å². The van der Waals surface area contributed by atoms with Crippen molar-refractivity contribution >= 4 is 23.1 Å². The fraction of sp³-hybridized carbons (Fsp3) is 0.273. The lowest BCUT2D eigenvalue weighted by atomic mass is 10.0. The molecule has 152 valence electrons. The first kappa shape index (κ1) is 20.4. The fourth-order valence-corrected chi connectivity index (χ4v) is 3.39. The number of amides is 2. The van der Waals surface area contributed by atoms with Crippen molar-refractivity contribution in [3.8, 4) is 11.5 Å². The van der Waals surface area contributed by atoms with Gasteiger partial charge in [0.15, 0.2) is 11.5 Å². The number of hydrogen-bond donors (Lipinski definition) is 1. The minimum absolute atomic E-state index is 0.148. The van der Waals surface area contributed by atoms with Crippen LogP contribution in [0.25, 0.3) is 5.57 Å². The van der Waals surface area contributed by atoms with Crippen molar-refractivity contribution < 1.29 is 24.2 Å². The summed E-state index contributed by atoms with van der Waals surface area (Å²) in [6.07, 6.45) is 0. The molecule has 7 heteroatoms. The molecule has 0 bridgehead atoms. The van der Waals surface area contributed by atoms with Crippen LogP contribution in [0.5, 0.6) is 11.5 Å². The molecule has 2 amide bonds. The molecule has 1 heterocycles. The molecule has 0 spiro atoms. The molecule has 0 unspecified atom stereocenters. The van der Waals surface area contributed by atoms with Gasteiger partial charge in [0.05, 0.1) is 32.1 Å². The lowest BCUT2D eigenvalue weighted by molar-refractivity contribution is -0.120. The van der Waals surface area contributed by atoms with Crippen LogP contribution in [0.3, 0.4) is 0 Å². The number of aliphatic hydroxyl groups excluding tert-OH is 1. The number of rotatable bonds is 7. The summed E-state index contributed by atoms with van der Waals surface area (Å²) in [6, 6.07) is 12.3. The predicted octanol–water partition coefficient (Wildman–Crippen LogP) is 2.22. The number of aliphatic hydroxyl groups is 1. The summed E-state index contributed by atoms with van der Waals surface area (Å²) in [5, 5.41) is 9.37. The van der Waals surface area contributed by atoms with Crippen LogP contribution in [0.15, 0.2) is 48.2 Å². The number of benzene rings is 2. The van der Waals surface area contributed by atoms with Crippen LogP contribution in [-0.2, 0) is 9.59 Å². The smallest absolute Gasteiger partial charge is 0.282 e. The van der Waals surface area contributed by atoms with Gasteiger partial charge in [-0.25, -0.2) is 4.90 Å². The Hall–Kier alpha value is -3.32. The maximum atomic E-state index is 13.4. The van der Waals surface area contributed by atoms with E-state index in [-0.39, 0.29) is 24.4 Å². The van der Waals surface area contributed by atoms with E-state index in [0.29, 0.717) is 22.7 Å². The summed E-state index contributed by atoms with van der Waals surface area (Å²) in [7, 11) is 4.72. The van der Waals surface area contributed by atoms with Crippen LogP contribution in [0.4, 0.5) is 5.69 Å². The van der Waals surface area contributed by atoms with E-state index in [9.17, 15) is 14.7 Å². The summed E-state index contributed by atoms with van der Waals surface area (Å²) < 4.78 is 10.6. The molecule has 2 aromatic carbocycles. The van der Waals surface area contributed by atoms with Crippen LogP contribution in [0.2, 0.25) is 0 Å². The molecule has 0 fully saturated rings. The maximum Gasteiger partial charge on any atom is 0.282 e. The van der Waals surface area contributed by atoms with Gasteiger partial charge in [0.2, 0.25) is 0 Å². The molecule has 1 aliphatic rings. The van der Waals surface area contributed by atoms with Gasteiger partial charge >= 0.3 is 0 Å². The van der Waals surface area contributed by atoms with Crippen molar-refractivity contribution in [2.24, 2.45) is 0 Å². The van der Waals surface area contributed by atoms with E-state index in [1.165, 1.54) is 19.1 Å². The minimum Gasteiger partial charge on any atom is -0.493 e. The molecule has 29 heavy (non-hydrogen) atoms. The molecular weight excluding hydrogens is 372 g/mol. The fourth-order valence-electron chi connectivity index (χ4n) is 3.39. The number of imide groups is 1. The van der Waals surface area contributed by atoms with E-state index >= 15 is 0 Å². The number of carbonyl (C=O) groups excluding carboxylic acids is 2. The van der Waals surface area contributed by atoms with Crippen LogP contribution in [-0.4, -0.2) is 56.2 Å². The number of likely N-dealkylation sites (N-methyl/N-ethyl adjacent to an activating group) is 1. The molecule has 0 aromatic heterocycles. The predicted molar refractivity (Wildman–Crippen MR) is 110 cm³/mol. The highest BCUT2D eigenvalue weighted by Gasteiger charge is 2.41. The highest BCUT2D eigenvalue weighted by Crippen LogP contribution is 2.37. The molecule has 1 aliphatic heterocycles. The van der Waals surface area contributed by atoms with Gasteiger partial charge in [0.1, 0.15) is 5.70 Å². The van der Waals surface area contributed by atoms with Crippen molar-refractivity contribution in [2.75, 3.05) is 39.3 Å². The van der Waals surface area contributed by atoms with Crippen LogP contribution >= 0.6 is 0 Å². The van der Waals surface area contributed by atoms with Crippen LogP contribution in [0, 0.1) is 6.92 Å². The zero-order valence-electron chi connectivity index (χ0n) is 16.9. The average Bonchev–Trinajstić information content (AvgIpc) is 2.97. The SMILES string of the molecule is COc1ccc(C2=C(N(C)CCO)C(=O)N(c3cccc(C)c3)C2=O)cc1OC. The van der Waals surface area contributed by atoms with Crippen molar-refractivity contribution in [3.05, 3.63) is 59.3 Å². The first-order valence-electron chi connectivity index (χ1n) is 9.17. The van der Waals surface area contributed by atoms with Crippen molar-refractivity contribution in [1.29, 1.82) is 0 Å². The van der Waals surface area contributed by atoms with Gasteiger partial charge in [-0.2, -0.15) is 0 Å². The Morgan fingerprint density at radius 3 is 2.34 bits per heavy atom. The average molecular weight is 396 g/mol. The van der Waals surface area contributed by atoms with E-state index in [1.54, 1.807) is 48.3 Å². The Kier molecular flexibility index (Phi) is 5.89. The van der Waals surface area contributed by atoms with Gasteiger partial charge in [-0.1, -0.05) is 18.2 Å². The molecular formula is C22H24N2O5. The van der Waals surface area contributed by atoms with Gasteiger partial charge in [-0.3, -0.25) is 9.59 Å². The zero-order valence-corrected chi connectivity index (χ0v) is 16.9. The molecule has 0 atom stereocenters. The van der Waals surface area contributed by atoms with Gasteiger partial charge in [0.25, 0.3) is 11.8 Å². The van der Waals surface area contributed by atoms with E-state index in [0.717, 1.165) is 5.56 Å². The third-order valence-electron chi connectivity index (χ3n) is 4.81. The number of ether oxygens (including phenoxy) is 2. The molecule has 0 saturated carbocycles. The first-order chi connectivity index (χ1) is 13.9. The van der Waals surface area contributed by atoms with E-state index in [4.69, 9.17) is 9.47 Å². The lowest BCUT2D eigenvalue weighted by Crippen LogP contribution is -2.34. The summed E-state index contributed by atoms with van der Waals surface area (Å²) in [5.74, 6) is 0.124. The van der Waals surface area contributed by atoms with Gasteiger partial charge in [-0.15, -0.1) is 0 Å². The van der Waals surface area contributed by atoms with E-state index in [1.807, 2.05) is 13.0 Å². The summed E-state index contributed by atoms with van der Waals surface area (Å²) >= 11 is 0. The summed E-state index contributed by atoms with van der Waals surface area (Å²) in [5.41, 5.74) is 2.47. The second kappa shape index (κ2) is 8.36. The van der Waals surface area contributed by atoms with Crippen molar-refractivity contribution in [2.45, 2.75) is 6.92 Å². The van der Waals surface area contributed by atoms with Gasteiger partial charge < -0.3 is 19.5 Å². The Bertz CT molecular complexity index is 983. The Labute approximate surface area is 169 Å². The number of nitrogens with zero attached hydrogens (tertiary/aromatic N) is 2. The zero-order chi connectivity index (χ0) is 21.1. The highest BCUT2D eigenvalue weighted by atomic mass is 16.5.